The van der Waals surface area contributed by atoms with Crippen molar-refractivity contribution in [1.82, 2.24) is 9.97 Å². The van der Waals surface area contributed by atoms with Gasteiger partial charge in [0.25, 0.3) is 0 Å². The Bertz CT molecular complexity index is 3110. The second-order valence-corrected chi connectivity index (χ2v) is 14.2. The van der Waals surface area contributed by atoms with Crippen molar-refractivity contribution in [2.24, 2.45) is 0 Å². The first-order valence-electron chi connectivity index (χ1n) is 18.5. The van der Waals surface area contributed by atoms with Crippen molar-refractivity contribution < 1.29 is 28.9 Å². The molecule has 4 aromatic heterocycles. The van der Waals surface area contributed by atoms with E-state index in [0.29, 0.717) is 0 Å². The van der Waals surface area contributed by atoms with E-state index < -0.39 is 0 Å². The van der Waals surface area contributed by atoms with Crippen molar-refractivity contribution in [3.05, 3.63) is 181 Å². The molecule has 0 saturated carbocycles. The van der Waals surface area contributed by atoms with Crippen LogP contribution in [0.3, 0.4) is 0 Å². The number of pyridine rings is 2. The summed E-state index contributed by atoms with van der Waals surface area (Å²) in [5.74, 6) is 0. The first-order chi connectivity index (χ1) is 27.0. The standard InChI is InChI=1S/C37H20NO2.C14H14N.Ir/c1-2-8-22(9-3-1)32-18-27(14-15-38-32)35-36-30(28-16-23-10-4-6-12-25(23)19-33(28)39-36)21-31-29-17-24-11-5-7-13-26(24)20-34(29)40-37(31)35;1-10-4-6-13(7-5-10)14-8-11(2)12(3)9-15-14;/h1-8,10-21H;4-6,8-9H,1-3H3;/q2*-1;. The number of aryl methyl sites for hydroxylation is 3. The molecule has 0 aliphatic rings. The number of nitrogens with zero attached hydrogens (tertiary/aromatic N) is 2. The molecule has 11 aromatic rings. The average molecular weight is 899 g/mol. The van der Waals surface area contributed by atoms with Gasteiger partial charge in [-0.15, -0.1) is 71.3 Å². The molecule has 0 fully saturated rings. The van der Waals surface area contributed by atoms with Gasteiger partial charge < -0.3 is 18.8 Å². The molecule has 0 aliphatic carbocycles. The molecule has 56 heavy (non-hydrogen) atoms. The molecule has 0 N–H and O–H groups in total. The molecule has 0 bridgehead atoms. The van der Waals surface area contributed by atoms with E-state index >= 15 is 0 Å². The Morgan fingerprint density at radius 1 is 0.500 bits per heavy atom. The average Bonchev–Trinajstić information content (AvgIpc) is 3.76. The second kappa shape index (κ2) is 14.4. The van der Waals surface area contributed by atoms with Crippen molar-refractivity contribution in [2.75, 3.05) is 0 Å². The number of hydrogen-bond acceptors (Lipinski definition) is 4. The van der Waals surface area contributed by atoms with E-state index in [1.807, 2.05) is 48.8 Å². The largest absolute Gasteiger partial charge is 0.455 e. The summed E-state index contributed by atoms with van der Waals surface area (Å²) in [5, 5.41) is 9.02. The summed E-state index contributed by atoms with van der Waals surface area (Å²) >= 11 is 0. The van der Waals surface area contributed by atoms with Crippen LogP contribution in [0.2, 0.25) is 0 Å². The minimum Gasteiger partial charge on any atom is -0.455 e. The fraction of sp³-hybridized carbons (Fsp3) is 0.0588. The third-order valence-corrected chi connectivity index (χ3v) is 10.6. The molecule has 4 heterocycles. The molecule has 1 radical (unpaired) electrons. The maximum Gasteiger partial charge on any atom is 0.147 e. The van der Waals surface area contributed by atoms with Crippen LogP contribution in [0.4, 0.5) is 0 Å². The summed E-state index contributed by atoms with van der Waals surface area (Å²) in [4.78, 5) is 9.07. The van der Waals surface area contributed by atoms with Crippen LogP contribution in [0.1, 0.15) is 16.7 Å². The Hall–Kier alpha value is -6.39. The number of benzene rings is 7. The van der Waals surface area contributed by atoms with Crippen LogP contribution in [0.25, 0.3) is 99.1 Å². The maximum atomic E-state index is 6.69. The quantitative estimate of drug-likeness (QED) is 0.166. The van der Waals surface area contributed by atoms with E-state index in [4.69, 9.17) is 8.83 Å². The zero-order valence-corrected chi connectivity index (χ0v) is 33.4. The molecule has 0 aliphatic heterocycles. The first-order valence-corrected chi connectivity index (χ1v) is 18.5. The van der Waals surface area contributed by atoms with E-state index in [1.54, 1.807) is 0 Å². The third-order valence-electron chi connectivity index (χ3n) is 10.6. The second-order valence-electron chi connectivity index (χ2n) is 14.2. The normalized spacial score (nSPS) is 11.3. The van der Waals surface area contributed by atoms with Crippen LogP contribution in [-0.4, -0.2) is 9.97 Å². The minimum atomic E-state index is 0. The summed E-state index contributed by atoms with van der Waals surface area (Å²) in [6.07, 6.45) is 3.77. The van der Waals surface area contributed by atoms with Crippen LogP contribution >= 0.6 is 0 Å². The zero-order valence-electron chi connectivity index (χ0n) is 31.0. The fourth-order valence-corrected chi connectivity index (χ4v) is 7.49. The zero-order chi connectivity index (χ0) is 37.0. The van der Waals surface area contributed by atoms with Gasteiger partial charge in [-0.05, 0) is 94.3 Å². The van der Waals surface area contributed by atoms with Gasteiger partial charge in [0.1, 0.15) is 22.3 Å². The Morgan fingerprint density at radius 2 is 1.09 bits per heavy atom. The number of furan rings is 2. The van der Waals surface area contributed by atoms with Gasteiger partial charge in [-0.1, -0.05) is 73.2 Å². The number of rotatable bonds is 3. The molecule has 11 rings (SSSR count). The van der Waals surface area contributed by atoms with Crippen LogP contribution in [0.15, 0.2) is 161 Å². The Balaban J connectivity index is 0.000000217. The SMILES string of the molecule is Cc1c[c-]c(-c2cc(C)c(C)cn2)cc1.[Ir].[c-]1ccccc1-c1cc(-c2c3oc4cc5ccccc5cc4c3cc3c2oc2cc4ccccc4cc23)ccn1. The molecule has 5 heteroatoms. The molecular formula is C51H34IrN2O2-2. The monoisotopic (exact) mass is 899 g/mol. The number of fused-ring (bicyclic) bond motifs is 8. The third kappa shape index (κ3) is 6.25. The van der Waals surface area contributed by atoms with Gasteiger partial charge in [0.15, 0.2) is 0 Å². The number of hydrogen-bond donors (Lipinski definition) is 0. The smallest absolute Gasteiger partial charge is 0.147 e. The number of aromatic nitrogens is 2. The summed E-state index contributed by atoms with van der Waals surface area (Å²) < 4.78 is 13.4. The van der Waals surface area contributed by atoms with Crippen molar-refractivity contribution in [3.8, 4) is 33.6 Å². The Morgan fingerprint density at radius 3 is 1.66 bits per heavy atom. The van der Waals surface area contributed by atoms with Crippen LogP contribution in [0, 0.1) is 32.9 Å². The van der Waals surface area contributed by atoms with E-state index in [0.717, 1.165) is 88.3 Å². The van der Waals surface area contributed by atoms with Gasteiger partial charge in [0, 0.05) is 54.0 Å². The minimum absolute atomic E-state index is 0. The van der Waals surface area contributed by atoms with Crippen molar-refractivity contribution in [3.63, 3.8) is 0 Å². The molecule has 0 saturated heterocycles. The van der Waals surface area contributed by atoms with Crippen LogP contribution in [-0.2, 0) is 20.1 Å². The van der Waals surface area contributed by atoms with E-state index in [1.165, 1.54) is 27.5 Å². The molecule has 0 unspecified atom stereocenters. The molecule has 4 nitrogen and oxygen atoms in total. The topological polar surface area (TPSA) is 52.1 Å². The molecule has 0 spiro atoms. The maximum absolute atomic E-state index is 6.69. The molecule has 7 aromatic carbocycles. The van der Waals surface area contributed by atoms with Crippen molar-refractivity contribution >= 4 is 65.4 Å². The van der Waals surface area contributed by atoms with Crippen molar-refractivity contribution in [2.45, 2.75) is 20.8 Å². The van der Waals surface area contributed by atoms with Crippen LogP contribution < -0.4 is 0 Å². The van der Waals surface area contributed by atoms with Gasteiger partial charge in [-0.3, -0.25) is 0 Å². The van der Waals surface area contributed by atoms with E-state index in [-0.39, 0.29) is 20.1 Å². The summed E-state index contributed by atoms with van der Waals surface area (Å²) in [6.45, 7) is 6.24. The van der Waals surface area contributed by atoms with Gasteiger partial charge in [0.05, 0.1) is 5.56 Å². The summed E-state index contributed by atoms with van der Waals surface area (Å²) in [5.41, 5.74) is 12.9. The van der Waals surface area contributed by atoms with Gasteiger partial charge in [-0.2, -0.15) is 0 Å². The van der Waals surface area contributed by atoms with Crippen LogP contribution in [0.5, 0.6) is 0 Å². The van der Waals surface area contributed by atoms with E-state index in [2.05, 4.69) is 146 Å². The molecular weight excluding hydrogens is 865 g/mol. The van der Waals surface area contributed by atoms with Gasteiger partial charge >= 0.3 is 0 Å². The van der Waals surface area contributed by atoms with Gasteiger partial charge in [-0.25, -0.2) is 0 Å². The Kier molecular flexibility index (Phi) is 9.05. The predicted molar refractivity (Wildman–Crippen MR) is 226 cm³/mol. The Labute approximate surface area is 337 Å². The molecule has 0 amide bonds. The van der Waals surface area contributed by atoms with E-state index in [9.17, 15) is 0 Å². The predicted octanol–water partition coefficient (Wildman–Crippen LogP) is 13.8. The fourth-order valence-electron chi connectivity index (χ4n) is 7.49. The molecule has 271 valence electrons. The first kappa shape index (κ1) is 35.3. The summed E-state index contributed by atoms with van der Waals surface area (Å²) in [7, 11) is 0. The van der Waals surface area contributed by atoms with Gasteiger partial charge in [0.2, 0.25) is 0 Å². The summed E-state index contributed by atoms with van der Waals surface area (Å²) in [6, 6.07) is 54.7. The van der Waals surface area contributed by atoms with Crippen molar-refractivity contribution in [1.29, 1.82) is 0 Å². The molecule has 0 atom stereocenters.